The van der Waals surface area contributed by atoms with Crippen molar-refractivity contribution in [3.05, 3.63) is 70.1 Å². The second-order valence-corrected chi connectivity index (χ2v) is 6.97. The number of ether oxygens (including phenoxy) is 1. The number of hydrogen-bond donors (Lipinski definition) is 1. The molecular weight excluding hydrogens is 340 g/mol. The number of benzene rings is 2. The van der Waals surface area contributed by atoms with Gasteiger partial charge in [-0.1, -0.05) is 12.1 Å². The summed E-state index contributed by atoms with van der Waals surface area (Å²) in [5.74, 6) is 0.684. The molecule has 0 aliphatic heterocycles. The lowest BCUT2D eigenvalue weighted by molar-refractivity contribution is -0.925. The molecule has 0 saturated heterocycles. The monoisotopic (exact) mass is 367 g/mol. The summed E-state index contributed by atoms with van der Waals surface area (Å²) in [6.45, 7) is 4.80. The molecule has 0 amide bonds. The van der Waals surface area contributed by atoms with E-state index in [4.69, 9.17) is 9.15 Å². The number of quaternary nitrogens is 1. The van der Waals surface area contributed by atoms with Gasteiger partial charge in [-0.25, -0.2) is 4.79 Å². The Balaban J connectivity index is 1.84. The van der Waals surface area contributed by atoms with Crippen molar-refractivity contribution in [2.24, 2.45) is 0 Å². The lowest BCUT2D eigenvalue weighted by Gasteiger charge is -2.19. The summed E-state index contributed by atoms with van der Waals surface area (Å²) in [6.07, 6.45) is 0. The van der Waals surface area contributed by atoms with Crippen molar-refractivity contribution in [2.45, 2.75) is 20.0 Å². The van der Waals surface area contributed by atoms with Crippen LogP contribution in [-0.4, -0.2) is 27.7 Å². The van der Waals surface area contributed by atoms with Gasteiger partial charge in [-0.2, -0.15) is 0 Å². The highest BCUT2D eigenvalue weighted by Crippen LogP contribution is 2.22. The van der Waals surface area contributed by atoms with Crippen molar-refractivity contribution in [3.63, 3.8) is 0 Å². The van der Waals surface area contributed by atoms with E-state index in [0.717, 1.165) is 30.6 Å². The first kappa shape index (κ1) is 19.0. The first-order valence-corrected chi connectivity index (χ1v) is 9.20. The molecule has 3 aromatic rings. The maximum Gasteiger partial charge on any atom is 0.336 e. The lowest BCUT2D eigenvalue weighted by Crippen LogP contribution is -3.09. The van der Waals surface area contributed by atoms with Crippen LogP contribution in [0.2, 0.25) is 0 Å². The summed E-state index contributed by atoms with van der Waals surface area (Å²) in [4.78, 5) is 15.5. The fourth-order valence-electron chi connectivity index (χ4n) is 3.27. The van der Waals surface area contributed by atoms with Crippen LogP contribution in [-0.2, 0) is 13.1 Å². The van der Waals surface area contributed by atoms with Crippen LogP contribution in [0.25, 0.3) is 11.0 Å². The van der Waals surface area contributed by atoms with Crippen LogP contribution in [0.15, 0.2) is 57.7 Å². The Bertz CT molecular complexity index is 961. The quantitative estimate of drug-likeness (QED) is 0.652. The fraction of sp³-hybridized carbons (Fsp3) is 0.318. The molecule has 0 saturated carbocycles. The molecule has 5 nitrogen and oxygen atoms in total. The minimum atomic E-state index is -0.323. The normalized spacial score (nSPS) is 12.1. The van der Waals surface area contributed by atoms with Gasteiger partial charge < -0.3 is 19.0 Å². The van der Waals surface area contributed by atoms with Crippen LogP contribution in [0.4, 0.5) is 5.69 Å². The van der Waals surface area contributed by atoms with E-state index in [1.807, 2.05) is 26.2 Å². The second-order valence-electron chi connectivity index (χ2n) is 6.97. The largest absolute Gasteiger partial charge is 0.497 e. The van der Waals surface area contributed by atoms with Gasteiger partial charge in [-0.05, 0) is 31.2 Å². The van der Waals surface area contributed by atoms with Crippen LogP contribution >= 0.6 is 0 Å². The maximum absolute atomic E-state index is 12.0. The number of nitrogens with one attached hydrogen (secondary N) is 1. The minimum absolute atomic E-state index is 0.323. The molecule has 0 bridgehead atoms. The third-order valence-electron chi connectivity index (χ3n) is 4.88. The van der Waals surface area contributed by atoms with Crippen LogP contribution in [0, 0.1) is 0 Å². The number of methoxy groups -OCH3 is 1. The van der Waals surface area contributed by atoms with E-state index in [9.17, 15) is 4.79 Å². The van der Waals surface area contributed by atoms with E-state index in [0.29, 0.717) is 11.3 Å². The summed E-state index contributed by atoms with van der Waals surface area (Å²) < 4.78 is 10.6. The molecule has 0 radical (unpaired) electrons. The number of anilines is 1. The molecule has 142 valence electrons. The van der Waals surface area contributed by atoms with Crippen LogP contribution in [0.5, 0.6) is 5.75 Å². The Hall–Kier alpha value is -2.79. The highest BCUT2D eigenvalue weighted by molar-refractivity contribution is 5.81. The van der Waals surface area contributed by atoms with Crippen molar-refractivity contribution in [3.8, 4) is 5.75 Å². The van der Waals surface area contributed by atoms with Crippen LogP contribution in [0.3, 0.4) is 0 Å². The van der Waals surface area contributed by atoms with Crippen LogP contribution < -0.4 is 20.2 Å². The average Bonchev–Trinajstić information content (AvgIpc) is 2.67. The van der Waals surface area contributed by atoms with Gasteiger partial charge in [0.15, 0.2) is 0 Å². The fourth-order valence-corrected chi connectivity index (χ4v) is 3.27. The minimum Gasteiger partial charge on any atom is -0.497 e. The Morgan fingerprint density at radius 2 is 1.78 bits per heavy atom. The number of nitrogens with zero attached hydrogens (tertiary/aromatic N) is 1. The van der Waals surface area contributed by atoms with Gasteiger partial charge in [0, 0.05) is 48.4 Å². The molecule has 1 N–H and O–H groups in total. The molecule has 1 unspecified atom stereocenters. The standard InChI is InChI=1S/C22H26N2O3/c1-5-24(14-16-6-8-18(9-7-16)23(2)3)15-17-12-22(25)27-21-13-19(26-4)10-11-20(17)21/h6-13H,5,14-15H2,1-4H3/p+1. The van der Waals surface area contributed by atoms with Crippen LogP contribution in [0.1, 0.15) is 18.1 Å². The molecule has 1 aromatic heterocycles. The topological polar surface area (TPSA) is 47.1 Å². The Labute approximate surface area is 159 Å². The molecule has 0 aliphatic carbocycles. The van der Waals surface area contributed by atoms with Crippen molar-refractivity contribution < 1.29 is 14.1 Å². The van der Waals surface area contributed by atoms with Gasteiger partial charge in [0.05, 0.1) is 13.7 Å². The number of hydrogen-bond acceptors (Lipinski definition) is 4. The van der Waals surface area contributed by atoms with Gasteiger partial charge in [0.2, 0.25) is 0 Å². The van der Waals surface area contributed by atoms with Crippen molar-refractivity contribution in [1.82, 2.24) is 0 Å². The van der Waals surface area contributed by atoms with E-state index >= 15 is 0 Å². The average molecular weight is 367 g/mol. The second kappa shape index (κ2) is 8.27. The van der Waals surface area contributed by atoms with Gasteiger partial charge in [0.1, 0.15) is 24.4 Å². The SMILES string of the molecule is CC[NH+](Cc1ccc(N(C)C)cc1)Cc1cc(=O)oc2cc(OC)ccc12. The van der Waals surface area contributed by atoms with Crippen molar-refractivity contribution in [1.29, 1.82) is 0 Å². The molecule has 5 heteroatoms. The zero-order valence-corrected chi connectivity index (χ0v) is 16.4. The molecule has 1 heterocycles. The summed E-state index contributed by atoms with van der Waals surface area (Å²) >= 11 is 0. The summed E-state index contributed by atoms with van der Waals surface area (Å²) in [7, 11) is 5.69. The molecule has 1 atom stereocenters. The lowest BCUT2D eigenvalue weighted by atomic mass is 10.1. The molecule has 3 rings (SSSR count). The highest BCUT2D eigenvalue weighted by Gasteiger charge is 2.14. The number of rotatable bonds is 7. The van der Waals surface area contributed by atoms with Gasteiger partial charge in [-0.15, -0.1) is 0 Å². The van der Waals surface area contributed by atoms with Gasteiger partial charge >= 0.3 is 5.63 Å². The predicted octanol–water partition coefficient (Wildman–Crippen LogP) is 2.47. The predicted molar refractivity (Wildman–Crippen MR) is 109 cm³/mol. The smallest absolute Gasteiger partial charge is 0.336 e. The van der Waals surface area contributed by atoms with Gasteiger partial charge in [-0.3, -0.25) is 0 Å². The van der Waals surface area contributed by atoms with E-state index < -0.39 is 0 Å². The third-order valence-corrected chi connectivity index (χ3v) is 4.88. The van der Waals surface area contributed by atoms with E-state index in [1.54, 1.807) is 19.2 Å². The van der Waals surface area contributed by atoms with Gasteiger partial charge in [0.25, 0.3) is 0 Å². The summed E-state index contributed by atoms with van der Waals surface area (Å²) in [5.41, 5.74) is 3.73. The first-order chi connectivity index (χ1) is 13.0. The zero-order valence-electron chi connectivity index (χ0n) is 16.4. The van der Waals surface area contributed by atoms with Crippen molar-refractivity contribution in [2.75, 3.05) is 32.6 Å². The Morgan fingerprint density at radius 1 is 1.04 bits per heavy atom. The number of fused-ring (bicyclic) bond motifs is 1. The molecular formula is C22H27N2O3+. The first-order valence-electron chi connectivity index (χ1n) is 9.20. The molecule has 0 spiro atoms. The Kier molecular flexibility index (Phi) is 5.81. The summed E-state index contributed by atoms with van der Waals surface area (Å²) in [5, 5.41) is 0.962. The Morgan fingerprint density at radius 3 is 2.41 bits per heavy atom. The van der Waals surface area contributed by atoms with E-state index in [1.165, 1.54) is 16.2 Å². The zero-order chi connectivity index (χ0) is 19.4. The van der Waals surface area contributed by atoms with Crippen molar-refractivity contribution >= 4 is 16.7 Å². The highest BCUT2D eigenvalue weighted by atomic mass is 16.5. The third kappa shape index (κ3) is 4.49. The molecule has 0 fully saturated rings. The summed E-state index contributed by atoms with van der Waals surface area (Å²) in [6, 6.07) is 15.9. The van der Waals surface area contributed by atoms with E-state index in [2.05, 4.69) is 36.1 Å². The van der Waals surface area contributed by atoms with E-state index in [-0.39, 0.29) is 5.63 Å². The maximum atomic E-state index is 12.0. The molecule has 27 heavy (non-hydrogen) atoms. The molecule has 2 aromatic carbocycles. The molecule has 0 aliphatic rings.